The Hall–Kier alpha value is -2.70. The van der Waals surface area contributed by atoms with Gasteiger partial charge in [-0.05, 0) is 183 Å². The minimum absolute atomic E-state index is 0. The van der Waals surface area contributed by atoms with Crippen molar-refractivity contribution in [2.24, 2.45) is 58.2 Å². The maximum absolute atomic E-state index is 13.7. The Kier molecular flexibility index (Phi) is 16.1. The summed E-state index contributed by atoms with van der Waals surface area (Å²) in [7, 11) is -7.63. The number of aryl methyl sites for hydroxylation is 2. The fourth-order valence-corrected chi connectivity index (χ4v) is 18.5. The van der Waals surface area contributed by atoms with Gasteiger partial charge in [-0.25, -0.2) is 16.8 Å². The Balaban J connectivity index is 0.000000240. The van der Waals surface area contributed by atoms with Crippen molar-refractivity contribution in [1.82, 2.24) is 8.61 Å². The van der Waals surface area contributed by atoms with Gasteiger partial charge in [0.2, 0.25) is 20.0 Å². The maximum atomic E-state index is 13.7. The molecule has 4 unspecified atom stereocenters. The van der Waals surface area contributed by atoms with E-state index in [9.17, 15) is 41.1 Å². The van der Waals surface area contributed by atoms with Crippen LogP contribution in [0.3, 0.4) is 0 Å². The molecule has 360 valence electrons. The predicted molar refractivity (Wildman–Crippen MR) is 248 cm³/mol. The minimum atomic E-state index is -3.83. The molecule has 66 heavy (non-hydrogen) atoms. The number of sulfonamides is 2. The molecule has 0 aromatic heterocycles. The first-order valence-corrected chi connectivity index (χ1v) is 26.7. The molecule has 8 saturated carbocycles. The zero-order valence-electron chi connectivity index (χ0n) is 41.0. The van der Waals surface area contributed by atoms with Crippen molar-refractivity contribution < 1.29 is 65.5 Å². The van der Waals surface area contributed by atoms with E-state index >= 15 is 0 Å². The van der Waals surface area contributed by atoms with Crippen LogP contribution >= 0.6 is 0 Å². The number of Topliss-reactive ketones (excluding diaryl/α,β-unsaturated/α-hetero) is 3. The number of carbonyl (C=O) groups is 4. The molecule has 0 aliphatic heterocycles. The average molecular weight is 945 g/mol. The van der Waals surface area contributed by atoms with Crippen molar-refractivity contribution in [1.29, 1.82) is 0 Å². The molecule has 0 radical (unpaired) electrons. The smallest absolute Gasteiger partial charge is 0.870 e. The monoisotopic (exact) mass is 944 g/mol. The zero-order valence-corrected chi connectivity index (χ0v) is 42.6. The summed E-state index contributed by atoms with van der Waals surface area (Å²) in [6.07, 6.45) is 9.91. The fourth-order valence-electron chi connectivity index (χ4n) is 14.5. The Morgan fingerprint density at radius 1 is 0.606 bits per heavy atom. The summed E-state index contributed by atoms with van der Waals surface area (Å²) < 4.78 is 56.8. The second-order valence-electron chi connectivity index (χ2n) is 21.9. The number of likely N-dealkylation sites (N-methyl/N-ethyl adjacent to an activating group) is 2. The average Bonchev–Trinajstić information content (AvgIpc) is 3.20. The largest absolute Gasteiger partial charge is 1.00 e. The molecule has 0 heterocycles. The predicted octanol–water partition coefficient (Wildman–Crippen LogP) is 5.87. The van der Waals surface area contributed by atoms with Crippen LogP contribution in [0.25, 0.3) is 0 Å². The van der Waals surface area contributed by atoms with Crippen LogP contribution in [0, 0.1) is 72.0 Å². The second kappa shape index (κ2) is 19.6. The Labute approximate surface area is 406 Å². The van der Waals surface area contributed by atoms with E-state index in [1.54, 1.807) is 105 Å². The van der Waals surface area contributed by atoms with E-state index in [2.05, 4.69) is 0 Å². The summed E-state index contributed by atoms with van der Waals surface area (Å²) >= 11 is 0. The van der Waals surface area contributed by atoms with Gasteiger partial charge in [0.1, 0.15) is 5.78 Å². The number of hydrogen-bond acceptors (Lipinski definition) is 9. The Morgan fingerprint density at radius 3 is 1.23 bits per heavy atom. The summed E-state index contributed by atoms with van der Waals surface area (Å²) in [6.45, 7) is 16.2. The van der Waals surface area contributed by atoms with E-state index < -0.39 is 42.5 Å². The van der Waals surface area contributed by atoms with Gasteiger partial charge in [0.25, 0.3) is 0 Å². The number of carbonyl (C=O) groups excluding carboxylic acids is 3. The first kappa shape index (κ1) is 54.2. The van der Waals surface area contributed by atoms with E-state index in [1.807, 2.05) is 6.07 Å². The molecule has 0 amide bonds. The summed E-state index contributed by atoms with van der Waals surface area (Å²) in [5, 5.41) is 9.86. The van der Waals surface area contributed by atoms with E-state index in [-0.39, 0.29) is 87.9 Å². The number of hydrogen-bond donors (Lipinski definition) is 1. The van der Waals surface area contributed by atoms with Gasteiger partial charge in [-0.1, -0.05) is 50.2 Å². The first-order chi connectivity index (χ1) is 29.8. The summed E-state index contributed by atoms with van der Waals surface area (Å²) in [6, 6.07) is 13.8. The molecular weight excluding hydrogens is 872 g/mol. The van der Waals surface area contributed by atoms with Crippen LogP contribution in [0.5, 0.6) is 0 Å². The molecule has 12 nitrogen and oxygen atoms in total. The van der Waals surface area contributed by atoms with Crippen LogP contribution in [-0.2, 0) is 39.2 Å². The van der Waals surface area contributed by atoms with Crippen molar-refractivity contribution in [3.63, 3.8) is 0 Å². The van der Waals surface area contributed by atoms with Crippen molar-refractivity contribution in [3.05, 3.63) is 59.7 Å². The number of carboxylic acid groups (broad SMARTS) is 1. The van der Waals surface area contributed by atoms with Crippen LogP contribution in [-0.4, -0.2) is 83.5 Å². The molecule has 10 rings (SSSR count). The quantitative estimate of drug-likeness (QED) is 0.199. The van der Waals surface area contributed by atoms with Crippen molar-refractivity contribution >= 4 is 43.4 Å². The number of carboxylic acids is 1. The molecule has 0 saturated heterocycles. The number of rotatable bonds is 16. The molecule has 15 heteroatoms. The van der Waals surface area contributed by atoms with Crippen LogP contribution in [0.15, 0.2) is 58.3 Å². The normalized spacial score (nSPS) is 30.8. The first-order valence-electron chi connectivity index (χ1n) is 23.8. The number of aliphatic carboxylic acids is 1. The van der Waals surface area contributed by atoms with Crippen molar-refractivity contribution in [3.8, 4) is 0 Å². The maximum Gasteiger partial charge on any atom is 1.00 e. The van der Waals surface area contributed by atoms with Gasteiger partial charge in [0.15, 0.2) is 11.6 Å². The molecule has 0 spiro atoms. The van der Waals surface area contributed by atoms with Crippen LogP contribution < -0.4 is 18.9 Å². The Morgan fingerprint density at radius 2 is 0.924 bits per heavy atom. The molecule has 2 aromatic carbocycles. The van der Waals surface area contributed by atoms with Gasteiger partial charge in [-0.3, -0.25) is 19.2 Å². The molecule has 2 aromatic rings. The third kappa shape index (κ3) is 9.48. The number of nitrogens with zero attached hydrogens (tertiary/aromatic N) is 2. The second-order valence-corrected chi connectivity index (χ2v) is 25.6. The van der Waals surface area contributed by atoms with E-state index in [0.29, 0.717) is 66.3 Å². The zero-order chi connectivity index (χ0) is 46.9. The van der Waals surface area contributed by atoms with Gasteiger partial charge in [0.05, 0.1) is 26.3 Å². The SMILES string of the molecule is CCN(C(C)(C)C(=O)CC1C2CC3CC1CC(C(=O)O)(C3)C2)S(=O)(=O)c1ccccc1C.CCN(C(C)(C)C(=O)CC1C2CC3CC1CC(C(C)=O)(C3)C2)S(=O)(=O)c1ccccc1C.[Li+].[OH-]. The molecule has 8 fully saturated rings. The number of ketones is 3. The molecular formula is C51H73LiN2O10S2. The summed E-state index contributed by atoms with van der Waals surface area (Å²) in [4.78, 5) is 52.2. The van der Waals surface area contributed by atoms with Gasteiger partial charge in [-0.2, -0.15) is 8.61 Å². The van der Waals surface area contributed by atoms with Crippen LogP contribution in [0.2, 0.25) is 0 Å². The third-order valence-corrected chi connectivity index (χ3v) is 22.1. The third-order valence-electron chi connectivity index (χ3n) is 17.5. The van der Waals surface area contributed by atoms with E-state index in [0.717, 1.165) is 51.4 Å². The standard InChI is InChI=1S/C26H37NO4S.C25H35NO5S.Li.H2O/c1-6-27(32(30,31)23-10-8-7-9-17(23)2)25(4,5)24(29)13-22-20-11-19-12-21(22)16-26(14-19,15-20)18(3)28;1-5-26(32(30,31)21-9-7-6-8-16(21)2)24(3,4)22(27)12-20-18-10-17-11-19(20)15-25(13-17,14-18)23(28)29;;/h7-10,19-22H,6,11-16H2,1-5H3;6-9,17-20H,5,10-15H2,1-4H3,(H,28,29);;1H2/q;;+1;/p-1. The summed E-state index contributed by atoms with van der Waals surface area (Å²) in [5.41, 5.74) is -1.71. The van der Waals surface area contributed by atoms with Crippen LogP contribution in [0.1, 0.15) is 137 Å². The van der Waals surface area contributed by atoms with Gasteiger partial charge >= 0.3 is 24.8 Å². The molecule has 2 N–H and O–H groups in total. The van der Waals surface area contributed by atoms with E-state index in [4.69, 9.17) is 0 Å². The Bertz CT molecular complexity index is 2200. The molecule has 8 aliphatic rings. The van der Waals surface area contributed by atoms with Gasteiger partial charge in [0, 0.05) is 31.3 Å². The minimum Gasteiger partial charge on any atom is -0.870 e. The van der Waals surface area contributed by atoms with Crippen LogP contribution in [0.4, 0.5) is 0 Å². The van der Waals surface area contributed by atoms with Gasteiger partial charge in [-0.15, -0.1) is 0 Å². The van der Waals surface area contributed by atoms with Crippen molar-refractivity contribution in [2.45, 2.75) is 160 Å². The molecule has 8 aliphatic carbocycles. The van der Waals surface area contributed by atoms with Gasteiger partial charge < -0.3 is 10.6 Å². The van der Waals surface area contributed by atoms with E-state index in [1.165, 1.54) is 8.61 Å². The van der Waals surface area contributed by atoms with Crippen molar-refractivity contribution in [2.75, 3.05) is 13.1 Å². The number of benzene rings is 2. The molecule has 8 bridgehead atoms. The topological polar surface area (TPSA) is 193 Å². The molecule has 4 atom stereocenters. The summed E-state index contributed by atoms with van der Waals surface area (Å²) in [5.74, 6) is 2.38. The fraction of sp³-hybridized carbons (Fsp3) is 0.686.